The van der Waals surface area contributed by atoms with Crippen LogP contribution in [0, 0.1) is 0 Å². The smallest absolute Gasteiger partial charge is 0.341 e. The van der Waals surface area contributed by atoms with Crippen molar-refractivity contribution in [2.75, 3.05) is 26.7 Å². The summed E-state index contributed by atoms with van der Waals surface area (Å²) in [6.45, 7) is 1.23. The number of halogens is 1. The summed E-state index contributed by atoms with van der Waals surface area (Å²) < 4.78 is 37.1. The number of benzene rings is 1. The number of methoxy groups -OCH3 is 1. The van der Waals surface area contributed by atoms with Crippen molar-refractivity contribution >= 4 is 27.6 Å². The van der Waals surface area contributed by atoms with Crippen LogP contribution in [0.3, 0.4) is 0 Å². The molecule has 7 nitrogen and oxygen atoms in total. The molecule has 9 heteroatoms. The quantitative estimate of drug-likeness (QED) is 0.811. The maximum atomic E-state index is 13.0. The van der Waals surface area contributed by atoms with Crippen LogP contribution < -0.4 is 5.32 Å². The molecule has 25 heavy (non-hydrogen) atoms. The van der Waals surface area contributed by atoms with Crippen molar-refractivity contribution < 1.29 is 22.4 Å². The minimum atomic E-state index is -3.92. The van der Waals surface area contributed by atoms with Crippen LogP contribution in [0.1, 0.15) is 22.0 Å². The van der Waals surface area contributed by atoms with E-state index in [2.05, 4.69) is 10.1 Å². The van der Waals surface area contributed by atoms with Gasteiger partial charge in [0.2, 0.25) is 5.09 Å². The van der Waals surface area contributed by atoms with Crippen molar-refractivity contribution in [3.05, 3.63) is 52.7 Å². The Morgan fingerprint density at radius 3 is 2.92 bits per heavy atom. The second-order valence-corrected chi connectivity index (χ2v) is 7.79. The highest BCUT2D eigenvalue weighted by atomic mass is 35.5. The van der Waals surface area contributed by atoms with E-state index < -0.39 is 22.0 Å². The lowest BCUT2D eigenvalue weighted by Crippen LogP contribution is -2.48. The molecule has 1 N–H and O–H groups in total. The van der Waals surface area contributed by atoms with E-state index >= 15 is 0 Å². The minimum absolute atomic E-state index is 0.0514. The van der Waals surface area contributed by atoms with Gasteiger partial charge in [0.15, 0.2) is 0 Å². The fourth-order valence-electron chi connectivity index (χ4n) is 2.76. The number of hydrogen-bond donors (Lipinski definition) is 1. The molecular formula is C16H17ClN2O5S. The van der Waals surface area contributed by atoms with Crippen LogP contribution in [-0.4, -0.2) is 45.4 Å². The molecule has 2 aromatic rings. The summed E-state index contributed by atoms with van der Waals surface area (Å²) >= 11 is 6.04. The van der Waals surface area contributed by atoms with E-state index in [9.17, 15) is 13.2 Å². The maximum Gasteiger partial charge on any atom is 0.341 e. The predicted molar refractivity (Wildman–Crippen MR) is 91.0 cm³/mol. The summed E-state index contributed by atoms with van der Waals surface area (Å²) in [4.78, 5) is 11.5. The van der Waals surface area contributed by atoms with Crippen LogP contribution in [0.25, 0.3) is 0 Å². The monoisotopic (exact) mass is 384 g/mol. The van der Waals surface area contributed by atoms with Gasteiger partial charge in [0, 0.05) is 30.7 Å². The SMILES string of the molecule is COC(=O)c1coc(S(=O)(=O)N2CCNCC2c2cccc(Cl)c2)c1. The van der Waals surface area contributed by atoms with E-state index in [1.807, 2.05) is 6.07 Å². The molecule has 1 fully saturated rings. The number of carbonyl (C=O) groups is 1. The number of carbonyl (C=O) groups excluding carboxylic acids is 1. The highest BCUT2D eigenvalue weighted by Crippen LogP contribution is 2.30. The van der Waals surface area contributed by atoms with Gasteiger partial charge in [-0.05, 0) is 17.7 Å². The van der Waals surface area contributed by atoms with Crippen molar-refractivity contribution in [3.63, 3.8) is 0 Å². The summed E-state index contributed by atoms with van der Waals surface area (Å²) in [6, 6.07) is 7.83. The summed E-state index contributed by atoms with van der Waals surface area (Å²) in [5.41, 5.74) is 0.832. The molecule has 2 heterocycles. The first-order valence-corrected chi connectivity index (χ1v) is 9.40. The highest BCUT2D eigenvalue weighted by molar-refractivity contribution is 7.89. The van der Waals surface area contributed by atoms with Gasteiger partial charge in [-0.3, -0.25) is 0 Å². The average molecular weight is 385 g/mol. The van der Waals surface area contributed by atoms with Gasteiger partial charge in [-0.15, -0.1) is 0 Å². The minimum Gasteiger partial charge on any atom is -0.465 e. The lowest BCUT2D eigenvalue weighted by atomic mass is 10.1. The summed E-state index contributed by atoms with van der Waals surface area (Å²) in [7, 11) is -2.70. The van der Waals surface area contributed by atoms with Crippen molar-refractivity contribution in [2.24, 2.45) is 0 Å². The van der Waals surface area contributed by atoms with Gasteiger partial charge in [0.25, 0.3) is 10.0 Å². The van der Waals surface area contributed by atoms with Crippen LogP contribution >= 0.6 is 11.6 Å². The Balaban J connectivity index is 1.96. The largest absolute Gasteiger partial charge is 0.465 e. The standard InChI is InChI=1S/C16H17ClN2O5S/c1-23-16(20)12-8-15(24-10-12)25(21,22)19-6-5-18-9-14(19)11-3-2-4-13(17)7-11/h2-4,7-8,10,14,18H,5-6,9H2,1H3. The van der Waals surface area contributed by atoms with Gasteiger partial charge in [-0.25, -0.2) is 13.2 Å². The zero-order chi connectivity index (χ0) is 18.0. The topological polar surface area (TPSA) is 88.8 Å². The van der Waals surface area contributed by atoms with Crippen LogP contribution in [0.4, 0.5) is 0 Å². The lowest BCUT2D eigenvalue weighted by molar-refractivity contribution is 0.0600. The number of piperazine rings is 1. The Bertz CT molecular complexity index is 880. The van der Waals surface area contributed by atoms with E-state index in [1.165, 1.54) is 17.5 Å². The molecule has 1 unspecified atom stereocenters. The molecule has 1 aromatic heterocycles. The van der Waals surface area contributed by atoms with Gasteiger partial charge < -0.3 is 14.5 Å². The fourth-order valence-corrected chi connectivity index (χ4v) is 4.50. The second-order valence-electron chi connectivity index (χ2n) is 5.54. The van der Waals surface area contributed by atoms with Crippen molar-refractivity contribution in [3.8, 4) is 0 Å². The van der Waals surface area contributed by atoms with Crippen LogP contribution in [0.15, 0.2) is 46.1 Å². The fraction of sp³-hybridized carbons (Fsp3) is 0.312. The summed E-state index contributed by atoms with van der Waals surface area (Å²) in [5, 5.41) is 3.43. The Morgan fingerprint density at radius 2 is 2.20 bits per heavy atom. The Hall–Kier alpha value is -1.87. The van der Waals surface area contributed by atoms with Gasteiger partial charge in [0.1, 0.15) is 6.26 Å². The molecule has 0 spiro atoms. The number of hydrogen-bond acceptors (Lipinski definition) is 6. The van der Waals surface area contributed by atoms with Gasteiger partial charge in [-0.2, -0.15) is 4.31 Å². The van der Waals surface area contributed by atoms with Crippen molar-refractivity contribution in [1.82, 2.24) is 9.62 Å². The lowest BCUT2D eigenvalue weighted by Gasteiger charge is -2.34. The molecule has 1 saturated heterocycles. The van der Waals surface area contributed by atoms with E-state index in [-0.39, 0.29) is 17.2 Å². The van der Waals surface area contributed by atoms with E-state index in [0.717, 1.165) is 11.8 Å². The molecule has 1 atom stereocenters. The molecule has 0 amide bonds. The molecule has 3 rings (SSSR count). The number of furan rings is 1. The average Bonchev–Trinajstić information content (AvgIpc) is 3.12. The number of sulfonamides is 1. The first kappa shape index (κ1) is 17.9. The molecule has 1 aromatic carbocycles. The van der Waals surface area contributed by atoms with Gasteiger partial charge in [0.05, 0.1) is 18.7 Å². The molecule has 0 bridgehead atoms. The molecule has 1 aliphatic heterocycles. The third kappa shape index (κ3) is 3.57. The Morgan fingerprint density at radius 1 is 1.40 bits per heavy atom. The molecule has 0 saturated carbocycles. The first-order chi connectivity index (χ1) is 11.9. The van der Waals surface area contributed by atoms with E-state index in [1.54, 1.807) is 18.2 Å². The van der Waals surface area contributed by atoms with Gasteiger partial charge in [-0.1, -0.05) is 23.7 Å². The summed E-state index contributed by atoms with van der Waals surface area (Å²) in [5.74, 6) is -0.656. The second kappa shape index (κ2) is 7.17. The predicted octanol–water partition coefficient (Wildman–Crippen LogP) is 2.05. The normalized spacial score (nSPS) is 18.9. The van der Waals surface area contributed by atoms with Crippen molar-refractivity contribution in [1.29, 1.82) is 0 Å². The molecule has 0 aliphatic carbocycles. The van der Waals surface area contributed by atoms with Crippen molar-refractivity contribution in [2.45, 2.75) is 11.1 Å². The van der Waals surface area contributed by atoms with Crippen LogP contribution in [0.2, 0.25) is 5.02 Å². The van der Waals surface area contributed by atoms with Crippen LogP contribution in [0.5, 0.6) is 0 Å². The zero-order valence-corrected chi connectivity index (χ0v) is 15.0. The number of esters is 1. The Labute approximate surface area is 150 Å². The Kier molecular flexibility index (Phi) is 5.14. The number of nitrogens with one attached hydrogen (secondary N) is 1. The third-order valence-electron chi connectivity index (χ3n) is 3.99. The maximum absolute atomic E-state index is 13.0. The molecule has 1 aliphatic rings. The number of nitrogens with zero attached hydrogens (tertiary/aromatic N) is 1. The van der Waals surface area contributed by atoms with Crippen LogP contribution in [-0.2, 0) is 14.8 Å². The van der Waals surface area contributed by atoms with E-state index in [0.29, 0.717) is 18.1 Å². The highest BCUT2D eigenvalue weighted by Gasteiger charge is 2.36. The zero-order valence-electron chi connectivity index (χ0n) is 13.4. The molecule has 134 valence electrons. The third-order valence-corrected chi connectivity index (χ3v) is 6.00. The summed E-state index contributed by atoms with van der Waals surface area (Å²) in [6.07, 6.45) is 1.08. The molecule has 0 radical (unpaired) electrons. The molecular weight excluding hydrogens is 368 g/mol. The van der Waals surface area contributed by atoms with Gasteiger partial charge >= 0.3 is 5.97 Å². The number of rotatable bonds is 4. The number of ether oxygens (including phenoxy) is 1. The first-order valence-electron chi connectivity index (χ1n) is 7.58. The van der Waals surface area contributed by atoms with E-state index in [4.69, 9.17) is 16.0 Å².